The van der Waals surface area contributed by atoms with Gasteiger partial charge in [0, 0.05) is 13.0 Å². The lowest BCUT2D eigenvalue weighted by Crippen LogP contribution is -2.22. The quantitative estimate of drug-likeness (QED) is 0.168. The molecule has 3 N–H and O–H groups in total. The topological polar surface area (TPSA) is 69.6 Å². The van der Waals surface area contributed by atoms with Crippen molar-refractivity contribution < 1.29 is 15.0 Å². The highest BCUT2D eigenvalue weighted by Gasteiger charge is 2.04. The second-order valence-corrected chi connectivity index (χ2v) is 7.58. The van der Waals surface area contributed by atoms with Gasteiger partial charge in [-0.2, -0.15) is 0 Å². The molecule has 4 heteroatoms. The molecule has 0 aromatic heterocycles. The molecule has 29 heavy (non-hydrogen) atoms. The van der Waals surface area contributed by atoms with Crippen LogP contribution in [0.4, 0.5) is 0 Å². The van der Waals surface area contributed by atoms with Gasteiger partial charge in [0.25, 0.3) is 0 Å². The summed E-state index contributed by atoms with van der Waals surface area (Å²) in [4.78, 5) is 11.9. The zero-order valence-electron chi connectivity index (χ0n) is 18.0. The average molecular weight is 402 g/mol. The van der Waals surface area contributed by atoms with E-state index in [1.54, 1.807) is 6.07 Å². The van der Waals surface area contributed by atoms with Crippen LogP contribution in [0.25, 0.3) is 0 Å². The summed E-state index contributed by atoms with van der Waals surface area (Å²) in [5, 5.41) is 21.6. The summed E-state index contributed by atoms with van der Waals surface area (Å²) in [7, 11) is 0. The third kappa shape index (κ3) is 13.6. The fourth-order valence-electron chi connectivity index (χ4n) is 3.06. The summed E-state index contributed by atoms with van der Waals surface area (Å²) < 4.78 is 0. The van der Waals surface area contributed by atoms with Gasteiger partial charge in [0.05, 0.1) is 0 Å². The highest BCUT2D eigenvalue weighted by molar-refractivity contribution is 5.75. The molecular formula is C25H39NO3. The van der Waals surface area contributed by atoms with E-state index < -0.39 is 0 Å². The van der Waals surface area contributed by atoms with Gasteiger partial charge >= 0.3 is 0 Å². The first-order valence-electron chi connectivity index (χ1n) is 11.2. The number of amides is 1. The molecule has 0 saturated carbocycles. The number of hydrogen-bond acceptors (Lipinski definition) is 3. The van der Waals surface area contributed by atoms with E-state index in [9.17, 15) is 15.0 Å². The molecule has 0 aliphatic carbocycles. The summed E-state index contributed by atoms with van der Waals surface area (Å²) in [6.45, 7) is 2.60. The molecule has 1 aromatic rings. The van der Waals surface area contributed by atoms with Crippen LogP contribution in [-0.2, 0) is 11.3 Å². The first kappa shape index (κ1) is 24.8. The van der Waals surface area contributed by atoms with Gasteiger partial charge in [-0.15, -0.1) is 0 Å². The summed E-state index contributed by atoms with van der Waals surface area (Å²) in [5.74, 6) is -0.279. The number of allylic oxidation sites excluding steroid dienone is 4. The van der Waals surface area contributed by atoms with Crippen LogP contribution in [0.15, 0.2) is 42.5 Å². The van der Waals surface area contributed by atoms with Crippen molar-refractivity contribution in [1.82, 2.24) is 5.32 Å². The number of rotatable bonds is 16. The van der Waals surface area contributed by atoms with E-state index in [1.165, 1.54) is 57.1 Å². The number of phenolic OH excluding ortho intramolecular Hbond substituents is 2. The predicted octanol–water partition coefficient (Wildman–Crippen LogP) is 6.53. The zero-order chi connectivity index (χ0) is 21.2. The Kier molecular flexibility index (Phi) is 14.3. The SMILES string of the molecule is CCCCC/C=C/C/C=C/CCCCCCCC(=O)NCc1ccc(O)c(O)c1. The Balaban J connectivity index is 1.92. The zero-order valence-corrected chi connectivity index (χ0v) is 18.0. The Labute approximate surface area is 176 Å². The number of aromatic hydroxyl groups is 2. The van der Waals surface area contributed by atoms with Crippen LogP contribution in [0, 0.1) is 0 Å². The first-order valence-corrected chi connectivity index (χ1v) is 11.2. The fourth-order valence-corrected chi connectivity index (χ4v) is 3.06. The first-order chi connectivity index (χ1) is 14.1. The number of nitrogens with one attached hydrogen (secondary N) is 1. The molecular weight excluding hydrogens is 362 g/mol. The molecule has 0 aliphatic rings. The monoisotopic (exact) mass is 401 g/mol. The molecule has 0 aliphatic heterocycles. The van der Waals surface area contributed by atoms with E-state index in [0.717, 1.165) is 31.2 Å². The van der Waals surface area contributed by atoms with Gasteiger partial charge in [0.2, 0.25) is 5.91 Å². The van der Waals surface area contributed by atoms with Crippen molar-refractivity contribution >= 4 is 5.91 Å². The second kappa shape index (κ2) is 16.7. The number of carbonyl (C=O) groups excluding carboxylic acids is 1. The van der Waals surface area contributed by atoms with Crippen LogP contribution in [0.2, 0.25) is 0 Å². The molecule has 0 radical (unpaired) electrons. The van der Waals surface area contributed by atoms with Crippen LogP contribution in [-0.4, -0.2) is 16.1 Å². The van der Waals surface area contributed by atoms with E-state index in [2.05, 4.69) is 36.5 Å². The van der Waals surface area contributed by atoms with Crippen molar-refractivity contribution in [2.24, 2.45) is 0 Å². The largest absolute Gasteiger partial charge is 0.504 e. The molecule has 0 atom stereocenters. The van der Waals surface area contributed by atoms with Crippen LogP contribution >= 0.6 is 0 Å². The molecule has 0 unspecified atom stereocenters. The van der Waals surface area contributed by atoms with Crippen molar-refractivity contribution in [3.63, 3.8) is 0 Å². The van der Waals surface area contributed by atoms with Crippen LogP contribution in [0.1, 0.15) is 89.5 Å². The van der Waals surface area contributed by atoms with Crippen molar-refractivity contribution in [3.05, 3.63) is 48.1 Å². The van der Waals surface area contributed by atoms with Gasteiger partial charge in [-0.3, -0.25) is 4.79 Å². The molecule has 0 fully saturated rings. The normalized spacial score (nSPS) is 11.5. The average Bonchev–Trinajstić information content (AvgIpc) is 2.71. The van der Waals surface area contributed by atoms with Crippen LogP contribution in [0.3, 0.4) is 0 Å². The predicted molar refractivity (Wildman–Crippen MR) is 121 cm³/mol. The van der Waals surface area contributed by atoms with E-state index in [-0.39, 0.29) is 17.4 Å². The maximum Gasteiger partial charge on any atom is 0.220 e. The van der Waals surface area contributed by atoms with E-state index in [4.69, 9.17) is 0 Å². The molecule has 0 bridgehead atoms. The lowest BCUT2D eigenvalue weighted by molar-refractivity contribution is -0.121. The van der Waals surface area contributed by atoms with Crippen molar-refractivity contribution in [1.29, 1.82) is 0 Å². The Bertz CT molecular complexity index is 622. The van der Waals surface area contributed by atoms with E-state index in [1.807, 2.05) is 0 Å². The Morgan fingerprint density at radius 1 is 0.862 bits per heavy atom. The number of carbonyl (C=O) groups is 1. The molecule has 1 rings (SSSR count). The lowest BCUT2D eigenvalue weighted by atomic mass is 10.1. The van der Waals surface area contributed by atoms with Gasteiger partial charge in [-0.1, -0.05) is 69.4 Å². The molecule has 0 saturated heterocycles. The number of benzene rings is 1. The number of phenols is 2. The fraction of sp³-hybridized carbons (Fsp3) is 0.560. The van der Waals surface area contributed by atoms with Gasteiger partial charge in [0.1, 0.15) is 0 Å². The summed E-state index contributed by atoms with van der Waals surface area (Å²) in [6.07, 6.45) is 22.5. The minimum atomic E-state index is -0.162. The van der Waals surface area contributed by atoms with Gasteiger partial charge in [-0.05, 0) is 56.2 Å². The summed E-state index contributed by atoms with van der Waals surface area (Å²) in [6, 6.07) is 4.58. The molecule has 0 heterocycles. The Morgan fingerprint density at radius 2 is 1.52 bits per heavy atom. The summed E-state index contributed by atoms with van der Waals surface area (Å²) >= 11 is 0. The smallest absolute Gasteiger partial charge is 0.220 e. The highest BCUT2D eigenvalue weighted by Crippen LogP contribution is 2.24. The number of unbranched alkanes of at least 4 members (excludes halogenated alkanes) is 8. The van der Waals surface area contributed by atoms with Crippen molar-refractivity contribution in [3.8, 4) is 11.5 Å². The molecule has 162 valence electrons. The van der Waals surface area contributed by atoms with Crippen molar-refractivity contribution in [2.45, 2.75) is 90.5 Å². The van der Waals surface area contributed by atoms with Gasteiger partial charge < -0.3 is 15.5 Å². The lowest BCUT2D eigenvalue weighted by Gasteiger charge is -2.06. The van der Waals surface area contributed by atoms with Crippen LogP contribution in [0.5, 0.6) is 11.5 Å². The molecule has 1 aromatic carbocycles. The molecule has 4 nitrogen and oxygen atoms in total. The van der Waals surface area contributed by atoms with E-state index in [0.29, 0.717) is 13.0 Å². The third-order valence-corrected chi connectivity index (χ3v) is 4.88. The maximum atomic E-state index is 11.9. The minimum Gasteiger partial charge on any atom is -0.504 e. The Hall–Kier alpha value is -2.23. The highest BCUT2D eigenvalue weighted by atomic mass is 16.3. The standard InChI is InChI=1S/C25H39NO3/c1-2-3-4-5-6-7-8-9-10-11-12-13-14-15-16-17-25(29)26-21-22-18-19-23(27)24(28)20-22/h6-7,9-10,18-20,27-28H,2-5,8,11-17,21H2,1H3,(H,26,29)/b7-6+,10-9+. The number of hydrogen-bond donors (Lipinski definition) is 3. The van der Waals surface area contributed by atoms with Crippen molar-refractivity contribution in [2.75, 3.05) is 0 Å². The molecule has 1 amide bonds. The summed E-state index contributed by atoms with van der Waals surface area (Å²) in [5.41, 5.74) is 0.772. The maximum absolute atomic E-state index is 11.9. The van der Waals surface area contributed by atoms with E-state index >= 15 is 0 Å². The Morgan fingerprint density at radius 3 is 2.21 bits per heavy atom. The molecule has 0 spiro atoms. The minimum absolute atomic E-state index is 0.0308. The van der Waals surface area contributed by atoms with Crippen LogP contribution < -0.4 is 5.32 Å². The second-order valence-electron chi connectivity index (χ2n) is 7.58. The third-order valence-electron chi connectivity index (χ3n) is 4.88. The van der Waals surface area contributed by atoms with Gasteiger partial charge in [-0.25, -0.2) is 0 Å². The van der Waals surface area contributed by atoms with Gasteiger partial charge in [0.15, 0.2) is 11.5 Å².